The van der Waals surface area contributed by atoms with Crippen LogP contribution in [0.2, 0.25) is 5.02 Å². The lowest BCUT2D eigenvalue weighted by Crippen LogP contribution is -2.50. The van der Waals surface area contributed by atoms with Gasteiger partial charge in [0.1, 0.15) is 6.04 Å². The predicted molar refractivity (Wildman–Crippen MR) is 115 cm³/mol. The summed E-state index contributed by atoms with van der Waals surface area (Å²) in [7, 11) is -3.67. The molecule has 0 aliphatic rings. The number of aryl methyl sites for hydroxylation is 2. The van der Waals surface area contributed by atoms with E-state index in [0.29, 0.717) is 10.7 Å². The van der Waals surface area contributed by atoms with Gasteiger partial charge in [0.2, 0.25) is 15.9 Å². The van der Waals surface area contributed by atoms with E-state index in [4.69, 9.17) is 11.6 Å². The van der Waals surface area contributed by atoms with Gasteiger partial charge in [-0.3, -0.25) is 9.10 Å². The number of nitrogens with one attached hydrogen (secondary N) is 1. The highest BCUT2D eigenvalue weighted by Crippen LogP contribution is 2.26. The third kappa shape index (κ3) is 5.97. The number of benzene rings is 2. The summed E-state index contributed by atoms with van der Waals surface area (Å²) < 4.78 is 25.9. The molecule has 0 aromatic heterocycles. The van der Waals surface area contributed by atoms with Crippen molar-refractivity contribution < 1.29 is 13.2 Å². The molecule has 2 aromatic carbocycles. The smallest absolute Gasteiger partial charge is 0.243 e. The molecule has 1 amide bonds. The van der Waals surface area contributed by atoms with Crippen molar-refractivity contribution in [2.75, 3.05) is 10.6 Å². The zero-order valence-electron chi connectivity index (χ0n) is 16.6. The van der Waals surface area contributed by atoms with Crippen molar-refractivity contribution in [1.82, 2.24) is 5.32 Å². The van der Waals surface area contributed by atoms with Crippen molar-refractivity contribution in [3.63, 3.8) is 0 Å². The number of hydrogen-bond donors (Lipinski definition) is 1. The van der Waals surface area contributed by atoms with Crippen molar-refractivity contribution in [1.29, 1.82) is 0 Å². The standard InChI is InChI=1S/C21H27ClN2O3S/c1-15-10-13-19(14-20(15)22)24(28(4,26)27)17(3)21(25)23-16(2)11-12-18-8-6-5-7-9-18/h5-10,13-14,16-17H,11-12H2,1-4H3,(H,23,25). The lowest BCUT2D eigenvalue weighted by atomic mass is 10.1. The van der Waals surface area contributed by atoms with Crippen LogP contribution in [0.15, 0.2) is 48.5 Å². The maximum Gasteiger partial charge on any atom is 0.243 e. The first kappa shape index (κ1) is 22.2. The van der Waals surface area contributed by atoms with Crippen molar-refractivity contribution >= 4 is 33.2 Å². The number of halogens is 1. The first-order valence-corrected chi connectivity index (χ1v) is 11.4. The Kier molecular flexibility index (Phi) is 7.49. The van der Waals surface area contributed by atoms with Crippen LogP contribution in [0.25, 0.3) is 0 Å². The summed E-state index contributed by atoms with van der Waals surface area (Å²) in [6.45, 7) is 5.33. The van der Waals surface area contributed by atoms with Gasteiger partial charge in [-0.05, 0) is 56.9 Å². The zero-order chi connectivity index (χ0) is 20.9. The molecule has 0 spiro atoms. The van der Waals surface area contributed by atoms with Gasteiger partial charge < -0.3 is 5.32 Å². The van der Waals surface area contributed by atoms with E-state index in [2.05, 4.69) is 5.32 Å². The van der Waals surface area contributed by atoms with E-state index in [-0.39, 0.29) is 11.9 Å². The average Bonchev–Trinajstić information content (AvgIpc) is 2.62. The van der Waals surface area contributed by atoms with Crippen molar-refractivity contribution in [3.05, 3.63) is 64.7 Å². The van der Waals surface area contributed by atoms with Crippen molar-refractivity contribution in [2.45, 2.75) is 45.7 Å². The van der Waals surface area contributed by atoms with Crippen LogP contribution in [-0.4, -0.2) is 32.7 Å². The maximum atomic E-state index is 12.7. The topological polar surface area (TPSA) is 66.5 Å². The van der Waals surface area contributed by atoms with E-state index in [1.165, 1.54) is 5.56 Å². The number of amides is 1. The van der Waals surface area contributed by atoms with Gasteiger partial charge in [-0.15, -0.1) is 0 Å². The molecule has 2 aromatic rings. The van der Waals surface area contributed by atoms with Gasteiger partial charge in [-0.1, -0.05) is 48.0 Å². The number of anilines is 1. The number of nitrogens with zero attached hydrogens (tertiary/aromatic N) is 1. The van der Waals surface area contributed by atoms with E-state index >= 15 is 0 Å². The quantitative estimate of drug-likeness (QED) is 0.700. The Bertz CT molecular complexity index is 917. The van der Waals surface area contributed by atoms with Crippen LogP contribution < -0.4 is 9.62 Å². The molecule has 152 valence electrons. The summed E-state index contributed by atoms with van der Waals surface area (Å²) in [5, 5.41) is 3.37. The third-order valence-corrected chi connectivity index (χ3v) is 6.24. The number of carbonyl (C=O) groups excluding carboxylic acids is 1. The molecule has 0 heterocycles. The molecule has 2 unspecified atom stereocenters. The monoisotopic (exact) mass is 422 g/mol. The fraction of sp³-hybridized carbons (Fsp3) is 0.381. The predicted octanol–water partition coefficient (Wildman–Crippen LogP) is 3.94. The second-order valence-electron chi connectivity index (χ2n) is 7.10. The zero-order valence-corrected chi connectivity index (χ0v) is 18.2. The van der Waals surface area contributed by atoms with E-state index in [1.807, 2.05) is 44.2 Å². The van der Waals surface area contributed by atoms with E-state index in [9.17, 15) is 13.2 Å². The summed E-state index contributed by atoms with van der Waals surface area (Å²) in [5.74, 6) is -0.345. The minimum absolute atomic E-state index is 0.0850. The van der Waals surface area contributed by atoms with Gasteiger partial charge >= 0.3 is 0 Å². The van der Waals surface area contributed by atoms with E-state index < -0.39 is 16.1 Å². The minimum Gasteiger partial charge on any atom is -0.352 e. The molecule has 2 atom stereocenters. The Morgan fingerprint density at radius 1 is 1.14 bits per heavy atom. The Hall–Kier alpha value is -2.05. The Labute approximate surface area is 172 Å². The Morgan fingerprint density at radius 2 is 1.79 bits per heavy atom. The van der Waals surface area contributed by atoms with Gasteiger partial charge in [0, 0.05) is 11.1 Å². The first-order valence-electron chi connectivity index (χ1n) is 9.19. The van der Waals surface area contributed by atoms with Gasteiger partial charge in [-0.2, -0.15) is 0 Å². The summed E-state index contributed by atoms with van der Waals surface area (Å²) in [4.78, 5) is 12.7. The normalized spacial score (nSPS) is 13.6. The molecule has 0 saturated carbocycles. The van der Waals surface area contributed by atoms with Crippen LogP contribution in [-0.2, 0) is 21.2 Å². The van der Waals surface area contributed by atoms with Crippen molar-refractivity contribution in [3.8, 4) is 0 Å². The molecule has 5 nitrogen and oxygen atoms in total. The largest absolute Gasteiger partial charge is 0.352 e. The minimum atomic E-state index is -3.67. The molecule has 0 saturated heterocycles. The van der Waals surface area contributed by atoms with Crippen LogP contribution in [0.5, 0.6) is 0 Å². The number of sulfonamides is 1. The van der Waals surface area contributed by atoms with Crippen molar-refractivity contribution in [2.24, 2.45) is 0 Å². The highest BCUT2D eigenvalue weighted by molar-refractivity contribution is 7.92. The summed E-state index contributed by atoms with van der Waals surface area (Å²) in [6.07, 6.45) is 2.68. The number of hydrogen-bond acceptors (Lipinski definition) is 3. The second kappa shape index (κ2) is 9.43. The molecule has 7 heteroatoms. The first-order chi connectivity index (χ1) is 13.1. The Morgan fingerprint density at radius 3 is 2.36 bits per heavy atom. The molecule has 1 N–H and O–H groups in total. The number of rotatable bonds is 8. The van der Waals surface area contributed by atoms with Crippen LogP contribution in [0, 0.1) is 6.92 Å². The third-order valence-electron chi connectivity index (χ3n) is 4.60. The molecular weight excluding hydrogens is 396 g/mol. The fourth-order valence-electron chi connectivity index (χ4n) is 2.99. The molecular formula is C21H27ClN2O3S. The molecule has 0 aliphatic carbocycles. The van der Waals surface area contributed by atoms with Crippen LogP contribution in [0.4, 0.5) is 5.69 Å². The maximum absolute atomic E-state index is 12.7. The van der Waals surface area contributed by atoms with Gasteiger partial charge in [0.05, 0.1) is 11.9 Å². The van der Waals surface area contributed by atoms with Crippen LogP contribution in [0.1, 0.15) is 31.4 Å². The molecule has 0 radical (unpaired) electrons. The highest BCUT2D eigenvalue weighted by Gasteiger charge is 2.30. The summed E-state index contributed by atoms with van der Waals surface area (Å²) in [5.41, 5.74) is 2.41. The van der Waals surface area contributed by atoms with Crippen LogP contribution in [0.3, 0.4) is 0 Å². The van der Waals surface area contributed by atoms with Crippen LogP contribution >= 0.6 is 11.6 Å². The Balaban J connectivity index is 2.09. The summed E-state index contributed by atoms with van der Waals surface area (Å²) in [6, 6.07) is 14.0. The SMILES string of the molecule is Cc1ccc(N(C(C)C(=O)NC(C)CCc2ccccc2)S(C)(=O)=O)cc1Cl. The molecule has 0 aliphatic heterocycles. The lowest BCUT2D eigenvalue weighted by Gasteiger charge is -2.29. The summed E-state index contributed by atoms with van der Waals surface area (Å²) >= 11 is 6.15. The molecule has 0 bridgehead atoms. The lowest BCUT2D eigenvalue weighted by molar-refractivity contribution is -0.122. The highest BCUT2D eigenvalue weighted by atomic mass is 35.5. The van der Waals surface area contributed by atoms with E-state index in [0.717, 1.165) is 29.0 Å². The van der Waals surface area contributed by atoms with Gasteiger partial charge in [-0.25, -0.2) is 8.42 Å². The van der Waals surface area contributed by atoms with E-state index in [1.54, 1.807) is 25.1 Å². The fourth-order valence-corrected chi connectivity index (χ4v) is 4.33. The molecule has 0 fully saturated rings. The average molecular weight is 423 g/mol. The molecule has 28 heavy (non-hydrogen) atoms. The number of carbonyl (C=O) groups is 1. The van der Waals surface area contributed by atoms with Gasteiger partial charge in [0.15, 0.2) is 0 Å². The molecule has 2 rings (SSSR count). The second-order valence-corrected chi connectivity index (χ2v) is 9.37. The van der Waals surface area contributed by atoms with Gasteiger partial charge in [0.25, 0.3) is 0 Å².